The van der Waals surface area contributed by atoms with Gasteiger partial charge < -0.3 is 28.8 Å². The number of hydrogen-bond acceptors (Lipinski definition) is 6. The van der Waals surface area contributed by atoms with Crippen LogP contribution in [-0.4, -0.2) is 65.1 Å². The molecule has 6 nitrogen and oxygen atoms in total. The maximum Gasteiger partial charge on any atom is 0.119 e. The lowest BCUT2D eigenvalue weighted by Crippen LogP contribution is -2.13. The molecular weight excluding hydrogens is 276 g/mol. The molecule has 21 heavy (non-hydrogen) atoms. The fraction of sp³-hybridized carbons (Fsp3) is 0.600. The first kappa shape index (κ1) is 17.7. The van der Waals surface area contributed by atoms with Gasteiger partial charge in [0.25, 0.3) is 0 Å². The number of aromatic hydroxyl groups is 1. The average Bonchev–Trinajstić information content (AvgIpc) is 2.50. The van der Waals surface area contributed by atoms with E-state index in [1.54, 1.807) is 31.4 Å². The first-order valence-corrected chi connectivity index (χ1v) is 6.97. The average molecular weight is 300 g/mol. The molecule has 0 unspecified atom stereocenters. The second kappa shape index (κ2) is 12.4. The predicted molar refractivity (Wildman–Crippen MR) is 77.9 cm³/mol. The van der Waals surface area contributed by atoms with E-state index in [2.05, 4.69) is 0 Å². The van der Waals surface area contributed by atoms with Crippen molar-refractivity contribution < 1.29 is 28.8 Å². The monoisotopic (exact) mass is 300 g/mol. The number of phenolic OH excluding ortho intramolecular Hbond substituents is 1. The van der Waals surface area contributed by atoms with Gasteiger partial charge in [-0.25, -0.2) is 0 Å². The number of benzene rings is 1. The molecule has 0 saturated carbocycles. The van der Waals surface area contributed by atoms with Gasteiger partial charge in [-0.15, -0.1) is 0 Å². The molecule has 0 aliphatic rings. The highest BCUT2D eigenvalue weighted by molar-refractivity contribution is 5.29. The molecule has 0 bridgehead atoms. The lowest BCUT2D eigenvalue weighted by molar-refractivity contribution is 0.000163. The van der Waals surface area contributed by atoms with E-state index in [1.807, 2.05) is 0 Å². The van der Waals surface area contributed by atoms with Crippen molar-refractivity contribution in [3.63, 3.8) is 0 Å². The third-order valence-corrected chi connectivity index (χ3v) is 2.51. The Labute approximate surface area is 125 Å². The molecule has 0 aliphatic heterocycles. The molecule has 0 saturated heterocycles. The van der Waals surface area contributed by atoms with E-state index in [0.29, 0.717) is 58.6 Å². The zero-order valence-corrected chi connectivity index (χ0v) is 12.5. The summed E-state index contributed by atoms with van der Waals surface area (Å²) >= 11 is 0. The van der Waals surface area contributed by atoms with Crippen LogP contribution >= 0.6 is 0 Å². The van der Waals surface area contributed by atoms with E-state index in [1.165, 1.54) is 0 Å². The van der Waals surface area contributed by atoms with Crippen molar-refractivity contribution in [3.05, 3.63) is 24.3 Å². The van der Waals surface area contributed by atoms with Gasteiger partial charge in [-0.3, -0.25) is 0 Å². The Morgan fingerprint density at radius 1 is 0.714 bits per heavy atom. The van der Waals surface area contributed by atoms with Gasteiger partial charge in [0.1, 0.15) is 18.1 Å². The number of hydrogen-bond donors (Lipinski definition) is 1. The van der Waals surface area contributed by atoms with Crippen LogP contribution in [0.4, 0.5) is 0 Å². The normalized spacial score (nSPS) is 10.7. The van der Waals surface area contributed by atoms with Crippen LogP contribution < -0.4 is 4.74 Å². The van der Waals surface area contributed by atoms with Gasteiger partial charge in [0.15, 0.2) is 0 Å². The second-order valence-corrected chi connectivity index (χ2v) is 4.17. The minimum absolute atomic E-state index is 0.224. The third kappa shape index (κ3) is 10.1. The fourth-order valence-corrected chi connectivity index (χ4v) is 1.44. The highest BCUT2D eigenvalue weighted by atomic mass is 16.6. The summed E-state index contributed by atoms with van der Waals surface area (Å²) in [5.41, 5.74) is 0. The molecule has 1 N–H and O–H groups in total. The van der Waals surface area contributed by atoms with E-state index >= 15 is 0 Å². The van der Waals surface area contributed by atoms with Gasteiger partial charge in [-0.2, -0.15) is 0 Å². The maximum absolute atomic E-state index is 9.12. The van der Waals surface area contributed by atoms with Crippen LogP contribution in [0.25, 0.3) is 0 Å². The molecule has 0 amide bonds. The number of methoxy groups -OCH3 is 1. The van der Waals surface area contributed by atoms with Crippen LogP contribution in [-0.2, 0) is 18.9 Å². The van der Waals surface area contributed by atoms with Crippen LogP contribution in [0.3, 0.4) is 0 Å². The van der Waals surface area contributed by atoms with Crippen molar-refractivity contribution in [3.8, 4) is 11.5 Å². The van der Waals surface area contributed by atoms with E-state index < -0.39 is 0 Å². The van der Waals surface area contributed by atoms with Crippen molar-refractivity contribution in [2.45, 2.75) is 0 Å². The summed E-state index contributed by atoms with van der Waals surface area (Å²) in [5.74, 6) is 0.933. The molecule has 0 atom stereocenters. The summed E-state index contributed by atoms with van der Waals surface area (Å²) in [6.45, 7) is 4.32. The molecular formula is C15H24O6. The molecule has 0 aliphatic carbocycles. The molecule has 1 aromatic rings. The molecule has 0 heterocycles. The minimum atomic E-state index is 0.224. The third-order valence-electron chi connectivity index (χ3n) is 2.51. The van der Waals surface area contributed by atoms with Crippen molar-refractivity contribution >= 4 is 0 Å². The SMILES string of the molecule is COCCOCCOCCOCCOc1ccc(O)cc1. The van der Waals surface area contributed by atoms with Crippen LogP contribution in [0, 0.1) is 0 Å². The Hall–Kier alpha value is -1.34. The molecule has 0 spiro atoms. The van der Waals surface area contributed by atoms with Gasteiger partial charge in [-0.1, -0.05) is 0 Å². The summed E-state index contributed by atoms with van der Waals surface area (Å²) in [6.07, 6.45) is 0. The van der Waals surface area contributed by atoms with Crippen LogP contribution in [0.1, 0.15) is 0 Å². The van der Waals surface area contributed by atoms with Crippen molar-refractivity contribution in [2.75, 3.05) is 60.0 Å². The van der Waals surface area contributed by atoms with E-state index in [9.17, 15) is 0 Å². The Morgan fingerprint density at radius 2 is 1.19 bits per heavy atom. The molecule has 1 rings (SSSR count). The van der Waals surface area contributed by atoms with Crippen LogP contribution in [0.2, 0.25) is 0 Å². The van der Waals surface area contributed by atoms with Crippen LogP contribution in [0.5, 0.6) is 11.5 Å². The summed E-state index contributed by atoms with van der Waals surface area (Å²) in [4.78, 5) is 0. The molecule has 0 aromatic heterocycles. The quantitative estimate of drug-likeness (QED) is 0.556. The topological polar surface area (TPSA) is 66.4 Å². The smallest absolute Gasteiger partial charge is 0.119 e. The first-order chi connectivity index (χ1) is 10.3. The number of rotatable bonds is 13. The van der Waals surface area contributed by atoms with Crippen molar-refractivity contribution in [1.82, 2.24) is 0 Å². The first-order valence-electron chi connectivity index (χ1n) is 6.97. The Balaban J connectivity index is 1.81. The summed E-state index contributed by atoms with van der Waals surface area (Å²) in [5, 5.41) is 9.12. The van der Waals surface area contributed by atoms with E-state index in [4.69, 9.17) is 28.8 Å². The summed E-state index contributed by atoms with van der Waals surface area (Å²) in [7, 11) is 1.64. The molecule has 0 radical (unpaired) electrons. The lowest BCUT2D eigenvalue weighted by Gasteiger charge is -2.08. The lowest BCUT2D eigenvalue weighted by atomic mass is 10.3. The number of ether oxygens (including phenoxy) is 5. The van der Waals surface area contributed by atoms with Gasteiger partial charge in [0.05, 0.1) is 46.2 Å². The largest absolute Gasteiger partial charge is 0.508 e. The zero-order chi connectivity index (χ0) is 15.2. The molecule has 0 fully saturated rings. The van der Waals surface area contributed by atoms with Crippen molar-refractivity contribution in [2.24, 2.45) is 0 Å². The zero-order valence-electron chi connectivity index (χ0n) is 12.5. The second-order valence-electron chi connectivity index (χ2n) is 4.17. The van der Waals surface area contributed by atoms with Gasteiger partial charge in [0, 0.05) is 7.11 Å². The predicted octanol–water partition coefficient (Wildman–Crippen LogP) is 1.47. The summed E-state index contributed by atoms with van der Waals surface area (Å²) < 4.78 is 26.2. The molecule has 6 heteroatoms. The Kier molecular flexibility index (Phi) is 10.5. The fourth-order valence-electron chi connectivity index (χ4n) is 1.44. The van der Waals surface area contributed by atoms with E-state index in [-0.39, 0.29) is 5.75 Å². The van der Waals surface area contributed by atoms with Gasteiger partial charge in [0.2, 0.25) is 0 Å². The van der Waals surface area contributed by atoms with Crippen molar-refractivity contribution in [1.29, 1.82) is 0 Å². The highest BCUT2D eigenvalue weighted by Gasteiger charge is 1.95. The number of phenols is 1. The Bertz CT molecular complexity index is 341. The van der Waals surface area contributed by atoms with Gasteiger partial charge in [-0.05, 0) is 24.3 Å². The maximum atomic E-state index is 9.12. The minimum Gasteiger partial charge on any atom is -0.508 e. The standard InChI is InChI=1S/C15H24O6/c1-17-6-7-18-8-9-19-10-11-20-12-13-21-15-4-2-14(16)3-5-15/h2-5,16H,6-13H2,1H3. The molecule has 1 aromatic carbocycles. The van der Waals surface area contributed by atoms with E-state index in [0.717, 1.165) is 0 Å². The summed E-state index contributed by atoms with van der Waals surface area (Å²) in [6, 6.07) is 6.58. The molecule has 120 valence electrons. The highest BCUT2D eigenvalue weighted by Crippen LogP contribution is 2.15. The Morgan fingerprint density at radius 3 is 1.71 bits per heavy atom. The van der Waals surface area contributed by atoms with Gasteiger partial charge >= 0.3 is 0 Å². The van der Waals surface area contributed by atoms with Crippen LogP contribution in [0.15, 0.2) is 24.3 Å².